The minimum atomic E-state index is -1.15. The fraction of sp³-hybridized carbons (Fsp3) is 0.250. The first-order chi connectivity index (χ1) is 13.0. The fourth-order valence-corrected chi connectivity index (χ4v) is 2.96. The highest BCUT2D eigenvalue weighted by Gasteiger charge is 2.44. The van der Waals surface area contributed by atoms with E-state index in [1.165, 1.54) is 34.5 Å². The van der Waals surface area contributed by atoms with Gasteiger partial charge >= 0.3 is 6.09 Å². The topological polar surface area (TPSA) is 118 Å². The monoisotopic (exact) mass is 388 g/mol. The third-order valence-electron chi connectivity index (χ3n) is 4.08. The van der Waals surface area contributed by atoms with Gasteiger partial charge in [-0.25, -0.2) is 19.7 Å². The lowest BCUT2D eigenvalue weighted by atomic mass is 10.3. The predicted octanol–water partition coefficient (Wildman–Crippen LogP) is 0.752. The summed E-state index contributed by atoms with van der Waals surface area (Å²) in [4.78, 5) is 51.6. The van der Waals surface area contributed by atoms with Crippen LogP contribution in [0.15, 0.2) is 30.7 Å². The van der Waals surface area contributed by atoms with Crippen LogP contribution in [0.2, 0.25) is 5.02 Å². The van der Waals surface area contributed by atoms with Crippen molar-refractivity contribution in [3.8, 4) is 0 Å². The Morgan fingerprint density at radius 3 is 2.78 bits per heavy atom. The van der Waals surface area contributed by atoms with Crippen LogP contribution in [0, 0.1) is 0 Å². The van der Waals surface area contributed by atoms with Crippen LogP contribution < -0.4 is 10.2 Å². The standard InChI is InChI=1S/C16H13ClN6O4/c17-9-1-2-10(21-7-9)23-14(25)12-13(20-4-3-19-12)15(23)27-16(26)22-6-5-18-11(24)8-22/h1-4,7,15H,5-6,8H2,(H,18,24). The van der Waals surface area contributed by atoms with E-state index in [9.17, 15) is 14.4 Å². The number of nitrogens with zero attached hydrogens (tertiary/aromatic N) is 5. The summed E-state index contributed by atoms with van der Waals surface area (Å²) in [5, 5.41) is 3.02. The minimum absolute atomic E-state index is 0.0726. The molecule has 2 aromatic rings. The van der Waals surface area contributed by atoms with E-state index in [1.54, 1.807) is 6.07 Å². The first kappa shape index (κ1) is 17.2. The van der Waals surface area contributed by atoms with Gasteiger partial charge in [0.05, 0.1) is 5.02 Å². The second kappa shape index (κ2) is 6.80. The number of piperazine rings is 1. The molecule has 138 valence electrons. The van der Waals surface area contributed by atoms with Gasteiger partial charge in [0.1, 0.15) is 18.1 Å². The van der Waals surface area contributed by atoms with E-state index in [0.717, 1.165) is 0 Å². The molecule has 27 heavy (non-hydrogen) atoms. The molecular weight excluding hydrogens is 376 g/mol. The highest BCUT2D eigenvalue weighted by Crippen LogP contribution is 2.35. The predicted molar refractivity (Wildman–Crippen MR) is 91.9 cm³/mol. The Hall–Kier alpha value is -3.27. The summed E-state index contributed by atoms with van der Waals surface area (Å²) in [7, 11) is 0. The van der Waals surface area contributed by atoms with Crippen LogP contribution in [-0.2, 0) is 9.53 Å². The van der Waals surface area contributed by atoms with Gasteiger partial charge in [-0.2, -0.15) is 0 Å². The summed E-state index contributed by atoms with van der Waals surface area (Å²) in [5.74, 6) is -0.544. The maximum Gasteiger partial charge on any atom is 0.412 e. The van der Waals surface area contributed by atoms with Crippen LogP contribution >= 0.6 is 11.6 Å². The van der Waals surface area contributed by atoms with Crippen molar-refractivity contribution in [2.75, 3.05) is 24.5 Å². The molecule has 1 unspecified atom stereocenters. The molecule has 1 saturated heterocycles. The summed E-state index contributed by atoms with van der Waals surface area (Å²) in [5.41, 5.74) is 0.275. The highest BCUT2D eigenvalue weighted by atomic mass is 35.5. The summed E-state index contributed by atoms with van der Waals surface area (Å²) >= 11 is 5.86. The fourth-order valence-electron chi connectivity index (χ4n) is 2.84. The number of ether oxygens (including phenoxy) is 1. The molecule has 1 N–H and O–H groups in total. The number of nitrogens with one attached hydrogen (secondary N) is 1. The Bertz CT molecular complexity index is 921. The van der Waals surface area contributed by atoms with Crippen LogP contribution in [0.1, 0.15) is 22.4 Å². The normalized spacial score (nSPS) is 18.9. The summed E-state index contributed by atoms with van der Waals surface area (Å²) < 4.78 is 5.53. The number of fused-ring (bicyclic) bond motifs is 1. The molecular formula is C16H13ClN6O4. The second-order valence-electron chi connectivity index (χ2n) is 5.81. The molecule has 11 heteroatoms. The van der Waals surface area contributed by atoms with E-state index >= 15 is 0 Å². The Balaban J connectivity index is 1.66. The number of carbonyl (C=O) groups is 3. The Labute approximate surface area is 158 Å². The van der Waals surface area contributed by atoms with Crippen molar-refractivity contribution in [2.24, 2.45) is 0 Å². The minimum Gasteiger partial charge on any atom is -0.419 e. The quantitative estimate of drug-likeness (QED) is 0.806. The van der Waals surface area contributed by atoms with Gasteiger partial charge < -0.3 is 10.1 Å². The van der Waals surface area contributed by atoms with Crippen molar-refractivity contribution < 1.29 is 19.1 Å². The average molecular weight is 389 g/mol. The molecule has 0 spiro atoms. The third-order valence-corrected chi connectivity index (χ3v) is 4.31. The Kier molecular flexibility index (Phi) is 4.32. The summed E-state index contributed by atoms with van der Waals surface area (Å²) in [6.07, 6.45) is 2.28. The van der Waals surface area contributed by atoms with Gasteiger partial charge in [0.15, 0.2) is 5.69 Å². The SMILES string of the molecule is O=C1CN(C(=O)OC2c3nccnc3C(=O)N2c2ccc(Cl)cn2)CCN1. The molecule has 2 aliphatic rings. The molecule has 0 aromatic carbocycles. The van der Waals surface area contributed by atoms with E-state index in [-0.39, 0.29) is 29.7 Å². The van der Waals surface area contributed by atoms with Crippen molar-refractivity contribution in [1.82, 2.24) is 25.2 Å². The zero-order valence-electron chi connectivity index (χ0n) is 13.8. The zero-order chi connectivity index (χ0) is 19.0. The maximum absolute atomic E-state index is 12.8. The largest absolute Gasteiger partial charge is 0.419 e. The third kappa shape index (κ3) is 3.14. The van der Waals surface area contributed by atoms with Gasteiger partial charge in [-0.1, -0.05) is 11.6 Å². The van der Waals surface area contributed by atoms with Crippen LogP contribution in [0.5, 0.6) is 0 Å². The van der Waals surface area contributed by atoms with Gasteiger partial charge in [-0.05, 0) is 12.1 Å². The Morgan fingerprint density at radius 2 is 2.04 bits per heavy atom. The van der Waals surface area contributed by atoms with Crippen LogP contribution in [0.25, 0.3) is 0 Å². The number of hydrogen-bond acceptors (Lipinski definition) is 7. The molecule has 4 rings (SSSR count). The summed E-state index contributed by atoms with van der Waals surface area (Å²) in [6.45, 7) is 0.514. The second-order valence-corrected chi connectivity index (χ2v) is 6.24. The van der Waals surface area contributed by atoms with Gasteiger partial charge in [0.25, 0.3) is 5.91 Å². The van der Waals surface area contributed by atoms with Crippen molar-refractivity contribution in [2.45, 2.75) is 6.23 Å². The van der Waals surface area contributed by atoms with E-state index in [1.807, 2.05) is 0 Å². The molecule has 1 atom stereocenters. The number of anilines is 1. The lowest BCUT2D eigenvalue weighted by Gasteiger charge is -2.29. The first-order valence-electron chi connectivity index (χ1n) is 8.03. The molecule has 1 fully saturated rings. The van der Waals surface area contributed by atoms with Crippen molar-refractivity contribution >= 4 is 35.3 Å². The molecule has 0 radical (unpaired) electrons. The number of rotatable bonds is 2. The Morgan fingerprint density at radius 1 is 1.22 bits per heavy atom. The zero-order valence-corrected chi connectivity index (χ0v) is 14.6. The molecule has 10 nitrogen and oxygen atoms in total. The number of halogens is 1. The molecule has 0 aliphatic carbocycles. The van der Waals surface area contributed by atoms with Crippen LogP contribution in [0.3, 0.4) is 0 Å². The average Bonchev–Trinajstić information content (AvgIpc) is 2.95. The van der Waals surface area contributed by atoms with Crippen molar-refractivity contribution in [1.29, 1.82) is 0 Å². The van der Waals surface area contributed by atoms with Crippen LogP contribution in [0.4, 0.5) is 10.6 Å². The lowest BCUT2D eigenvalue weighted by molar-refractivity contribution is -0.123. The number of amides is 3. The molecule has 2 aromatic heterocycles. The molecule has 0 bridgehead atoms. The van der Waals surface area contributed by atoms with E-state index in [0.29, 0.717) is 18.1 Å². The molecule has 0 saturated carbocycles. The van der Waals surface area contributed by atoms with Gasteiger partial charge in [0.2, 0.25) is 12.1 Å². The van der Waals surface area contributed by atoms with Crippen molar-refractivity contribution in [3.63, 3.8) is 0 Å². The van der Waals surface area contributed by atoms with Gasteiger partial charge in [-0.3, -0.25) is 19.5 Å². The lowest BCUT2D eigenvalue weighted by Crippen LogP contribution is -2.50. The highest BCUT2D eigenvalue weighted by molar-refractivity contribution is 6.30. The van der Waals surface area contributed by atoms with Crippen molar-refractivity contribution in [3.05, 3.63) is 47.1 Å². The number of carbonyl (C=O) groups excluding carboxylic acids is 3. The van der Waals surface area contributed by atoms with Crippen LogP contribution in [-0.4, -0.2) is 57.4 Å². The molecule has 4 heterocycles. The van der Waals surface area contributed by atoms with E-state index in [2.05, 4.69) is 20.3 Å². The molecule has 3 amide bonds. The van der Waals surface area contributed by atoms with Gasteiger partial charge in [0, 0.05) is 31.7 Å². The van der Waals surface area contributed by atoms with Gasteiger partial charge in [-0.15, -0.1) is 0 Å². The number of pyridine rings is 1. The number of aromatic nitrogens is 3. The smallest absolute Gasteiger partial charge is 0.412 e. The van der Waals surface area contributed by atoms with E-state index in [4.69, 9.17) is 16.3 Å². The summed E-state index contributed by atoms with van der Waals surface area (Å²) in [6, 6.07) is 3.09. The van der Waals surface area contributed by atoms with E-state index < -0.39 is 18.2 Å². The molecule has 2 aliphatic heterocycles. The number of hydrogen-bond donors (Lipinski definition) is 1. The maximum atomic E-state index is 12.8. The first-order valence-corrected chi connectivity index (χ1v) is 8.40.